The first-order chi connectivity index (χ1) is 12.5. The van der Waals surface area contributed by atoms with Gasteiger partial charge in [-0.1, -0.05) is 13.3 Å². The lowest BCUT2D eigenvalue weighted by atomic mass is 9.84. The van der Waals surface area contributed by atoms with Gasteiger partial charge in [-0.25, -0.2) is 9.97 Å². The van der Waals surface area contributed by atoms with Crippen molar-refractivity contribution in [1.82, 2.24) is 20.2 Å². The van der Waals surface area contributed by atoms with Gasteiger partial charge < -0.3 is 10.2 Å². The second kappa shape index (κ2) is 8.14. The number of hydrogen-bond donors (Lipinski definition) is 1. The summed E-state index contributed by atoms with van der Waals surface area (Å²) < 4.78 is 0. The number of aryl methyl sites for hydroxylation is 2. The molecule has 26 heavy (non-hydrogen) atoms. The Labute approximate surface area is 155 Å². The Morgan fingerprint density at radius 1 is 1.15 bits per heavy atom. The van der Waals surface area contributed by atoms with E-state index in [9.17, 15) is 9.59 Å². The number of hydrogen-bond acceptors (Lipinski definition) is 4. The number of amides is 2. The molecule has 1 atom stereocenters. The Bertz CT molecular complexity index is 661. The van der Waals surface area contributed by atoms with E-state index in [1.807, 2.05) is 25.7 Å². The lowest BCUT2D eigenvalue weighted by Crippen LogP contribution is -2.37. The molecule has 142 valence electrons. The van der Waals surface area contributed by atoms with Gasteiger partial charge in [-0.05, 0) is 39.5 Å². The van der Waals surface area contributed by atoms with E-state index in [1.165, 1.54) is 6.42 Å². The molecule has 1 aromatic heterocycles. The number of nitrogens with zero attached hydrogens (tertiary/aromatic N) is 3. The van der Waals surface area contributed by atoms with Crippen LogP contribution < -0.4 is 5.32 Å². The molecule has 2 amide bonds. The molecule has 3 rings (SSSR count). The van der Waals surface area contributed by atoms with Crippen molar-refractivity contribution in [3.05, 3.63) is 22.8 Å². The van der Waals surface area contributed by atoms with Gasteiger partial charge in [-0.2, -0.15) is 0 Å². The average Bonchev–Trinajstić information content (AvgIpc) is 3.04. The first kappa shape index (κ1) is 18.8. The van der Waals surface area contributed by atoms with E-state index < -0.39 is 0 Å². The minimum absolute atomic E-state index is 0.0209. The molecule has 6 heteroatoms. The van der Waals surface area contributed by atoms with Crippen LogP contribution in [0.15, 0.2) is 0 Å². The van der Waals surface area contributed by atoms with Gasteiger partial charge >= 0.3 is 0 Å². The van der Waals surface area contributed by atoms with Crippen LogP contribution in [-0.2, 0) is 16.0 Å². The molecule has 0 unspecified atom stereocenters. The fraction of sp³-hybridized carbons (Fsp3) is 0.700. The molecule has 1 aromatic rings. The van der Waals surface area contributed by atoms with Gasteiger partial charge in [-0.15, -0.1) is 0 Å². The van der Waals surface area contributed by atoms with Gasteiger partial charge in [0.25, 0.3) is 0 Å². The van der Waals surface area contributed by atoms with Crippen molar-refractivity contribution in [2.75, 3.05) is 19.6 Å². The number of aromatic nitrogens is 2. The van der Waals surface area contributed by atoms with Crippen molar-refractivity contribution in [2.45, 2.75) is 65.2 Å². The molecule has 2 fully saturated rings. The highest BCUT2D eigenvalue weighted by molar-refractivity contribution is 5.80. The van der Waals surface area contributed by atoms with Crippen LogP contribution >= 0.6 is 0 Å². The average molecular weight is 358 g/mol. The largest absolute Gasteiger partial charge is 0.356 e. The Morgan fingerprint density at radius 2 is 1.85 bits per heavy atom. The molecule has 0 aromatic carbocycles. The van der Waals surface area contributed by atoms with Gasteiger partial charge in [0.15, 0.2) is 0 Å². The number of carbonyl (C=O) groups is 2. The normalized spacial score (nSPS) is 20.1. The quantitative estimate of drug-likeness (QED) is 0.846. The minimum atomic E-state index is 0.0209. The zero-order chi connectivity index (χ0) is 18.7. The summed E-state index contributed by atoms with van der Waals surface area (Å²) in [4.78, 5) is 35.8. The third-order valence-electron chi connectivity index (χ3n) is 5.67. The van der Waals surface area contributed by atoms with Gasteiger partial charge in [-0.3, -0.25) is 9.59 Å². The summed E-state index contributed by atoms with van der Waals surface area (Å²) in [5.41, 5.74) is 2.67. The van der Waals surface area contributed by atoms with Gasteiger partial charge in [0.05, 0.1) is 6.42 Å². The Balaban J connectivity index is 1.66. The molecule has 2 heterocycles. The van der Waals surface area contributed by atoms with Crippen molar-refractivity contribution < 1.29 is 9.59 Å². The number of nitrogens with one attached hydrogen (secondary N) is 1. The maximum absolute atomic E-state index is 12.4. The van der Waals surface area contributed by atoms with E-state index in [0.717, 1.165) is 61.5 Å². The van der Waals surface area contributed by atoms with Crippen LogP contribution in [0.1, 0.15) is 67.7 Å². The molecule has 1 aliphatic carbocycles. The molecule has 0 radical (unpaired) electrons. The summed E-state index contributed by atoms with van der Waals surface area (Å²) in [6.45, 7) is 8.17. The molecule has 1 N–H and O–H groups in total. The molecule has 1 aliphatic heterocycles. The van der Waals surface area contributed by atoms with Crippen LogP contribution in [0.2, 0.25) is 0 Å². The lowest BCUT2D eigenvalue weighted by molar-refractivity contribution is -0.137. The SMILES string of the molecule is CCCNC(=O)Cc1c(C)nc([C@@H]2CCN(C(=O)C3CCC3)C2)nc1C. The Morgan fingerprint density at radius 3 is 2.42 bits per heavy atom. The van der Waals surface area contributed by atoms with Crippen LogP contribution in [0.4, 0.5) is 0 Å². The second-order valence-electron chi connectivity index (χ2n) is 7.66. The van der Waals surface area contributed by atoms with E-state index in [4.69, 9.17) is 9.97 Å². The summed E-state index contributed by atoms with van der Waals surface area (Å²) in [6.07, 6.45) is 5.45. The molecular formula is C20H30N4O2. The maximum atomic E-state index is 12.4. The van der Waals surface area contributed by atoms with Crippen LogP contribution in [-0.4, -0.2) is 46.3 Å². The van der Waals surface area contributed by atoms with Crippen molar-refractivity contribution in [2.24, 2.45) is 5.92 Å². The van der Waals surface area contributed by atoms with E-state index >= 15 is 0 Å². The van der Waals surface area contributed by atoms with E-state index in [0.29, 0.717) is 18.9 Å². The predicted octanol–water partition coefficient (Wildman–Crippen LogP) is 2.28. The first-order valence-electron chi connectivity index (χ1n) is 9.89. The second-order valence-corrected chi connectivity index (χ2v) is 7.66. The third kappa shape index (κ3) is 4.05. The maximum Gasteiger partial charge on any atom is 0.225 e. The topological polar surface area (TPSA) is 75.2 Å². The monoisotopic (exact) mass is 358 g/mol. The Kier molecular flexibility index (Phi) is 5.89. The van der Waals surface area contributed by atoms with Crippen LogP contribution in [0.3, 0.4) is 0 Å². The first-order valence-corrected chi connectivity index (χ1v) is 9.89. The molecule has 0 bridgehead atoms. The molecule has 2 aliphatic rings. The molecular weight excluding hydrogens is 328 g/mol. The summed E-state index contributed by atoms with van der Waals surface area (Å²) >= 11 is 0. The van der Waals surface area contributed by atoms with Crippen molar-refractivity contribution in [1.29, 1.82) is 0 Å². The standard InChI is InChI=1S/C20H30N4O2/c1-4-9-21-18(25)11-17-13(2)22-19(23-14(17)3)16-8-10-24(12-16)20(26)15-6-5-7-15/h15-16H,4-12H2,1-3H3,(H,21,25)/t16-/m1/s1. The zero-order valence-electron chi connectivity index (χ0n) is 16.2. The lowest BCUT2D eigenvalue weighted by Gasteiger charge is -2.29. The fourth-order valence-corrected chi connectivity index (χ4v) is 3.78. The fourth-order valence-electron chi connectivity index (χ4n) is 3.78. The summed E-state index contributed by atoms with van der Waals surface area (Å²) in [6, 6.07) is 0. The summed E-state index contributed by atoms with van der Waals surface area (Å²) in [7, 11) is 0. The summed E-state index contributed by atoms with van der Waals surface area (Å²) in [5.74, 6) is 1.62. The number of rotatable bonds is 6. The Hall–Kier alpha value is -1.98. The molecule has 6 nitrogen and oxygen atoms in total. The van der Waals surface area contributed by atoms with E-state index in [1.54, 1.807) is 0 Å². The zero-order valence-corrected chi connectivity index (χ0v) is 16.2. The molecule has 1 saturated heterocycles. The molecule has 0 spiro atoms. The van der Waals surface area contributed by atoms with E-state index in [2.05, 4.69) is 5.32 Å². The van der Waals surface area contributed by atoms with Crippen molar-refractivity contribution in [3.8, 4) is 0 Å². The van der Waals surface area contributed by atoms with Crippen molar-refractivity contribution >= 4 is 11.8 Å². The number of likely N-dealkylation sites (tertiary alicyclic amines) is 1. The van der Waals surface area contributed by atoms with Crippen molar-refractivity contribution in [3.63, 3.8) is 0 Å². The van der Waals surface area contributed by atoms with Crippen LogP contribution in [0.5, 0.6) is 0 Å². The van der Waals surface area contributed by atoms with Gasteiger partial charge in [0.2, 0.25) is 11.8 Å². The highest BCUT2D eigenvalue weighted by Gasteiger charge is 2.35. The summed E-state index contributed by atoms with van der Waals surface area (Å²) in [5, 5.41) is 2.91. The third-order valence-corrected chi connectivity index (χ3v) is 5.67. The predicted molar refractivity (Wildman–Crippen MR) is 99.8 cm³/mol. The minimum Gasteiger partial charge on any atom is -0.356 e. The highest BCUT2D eigenvalue weighted by atomic mass is 16.2. The highest BCUT2D eigenvalue weighted by Crippen LogP contribution is 2.32. The van der Waals surface area contributed by atoms with Gasteiger partial charge in [0.1, 0.15) is 5.82 Å². The number of carbonyl (C=O) groups excluding carboxylic acids is 2. The van der Waals surface area contributed by atoms with Crippen LogP contribution in [0, 0.1) is 19.8 Å². The van der Waals surface area contributed by atoms with Crippen LogP contribution in [0.25, 0.3) is 0 Å². The van der Waals surface area contributed by atoms with Gasteiger partial charge in [0, 0.05) is 48.4 Å². The smallest absolute Gasteiger partial charge is 0.225 e. The van der Waals surface area contributed by atoms with E-state index in [-0.39, 0.29) is 17.7 Å². The molecule has 1 saturated carbocycles.